The van der Waals surface area contributed by atoms with Crippen molar-refractivity contribution in [1.29, 1.82) is 0 Å². The van der Waals surface area contributed by atoms with Crippen LogP contribution in [-0.4, -0.2) is 35.7 Å². The lowest BCUT2D eigenvalue weighted by Gasteiger charge is -2.19. The number of rotatable bonds is 3. The summed E-state index contributed by atoms with van der Waals surface area (Å²) in [4.78, 5) is 2.41. The second-order valence-electron chi connectivity index (χ2n) is 3.70. The van der Waals surface area contributed by atoms with E-state index in [9.17, 15) is 0 Å². The molecule has 2 heteroatoms. The zero-order chi connectivity index (χ0) is 8.27. The summed E-state index contributed by atoms with van der Waals surface area (Å²) < 4.78 is 0. The first-order chi connectivity index (χ1) is 5.20. The third-order valence-corrected chi connectivity index (χ3v) is 2.59. The normalized spacial score (nSPS) is 29.2. The zero-order valence-corrected chi connectivity index (χ0v) is 7.58. The SMILES string of the molecule is C[C@@H](O)CCC1CCCN1C. The van der Waals surface area contributed by atoms with Crippen LogP contribution in [0.2, 0.25) is 0 Å². The summed E-state index contributed by atoms with van der Waals surface area (Å²) in [6, 6.07) is 0.740. The summed E-state index contributed by atoms with van der Waals surface area (Å²) in [5.74, 6) is 0. The van der Waals surface area contributed by atoms with Crippen LogP contribution in [0.4, 0.5) is 0 Å². The van der Waals surface area contributed by atoms with Gasteiger partial charge in [-0.1, -0.05) is 0 Å². The van der Waals surface area contributed by atoms with Gasteiger partial charge in [-0.25, -0.2) is 0 Å². The summed E-state index contributed by atoms with van der Waals surface area (Å²) in [6.07, 6.45) is 4.65. The standard InChI is InChI=1S/C9H19NO/c1-8(11)5-6-9-4-3-7-10(9)2/h8-9,11H,3-7H2,1-2H3/t8-,9?/m1/s1. The summed E-state index contributed by atoms with van der Waals surface area (Å²) in [6.45, 7) is 3.11. The van der Waals surface area contributed by atoms with Crippen LogP contribution in [0.5, 0.6) is 0 Å². The molecule has 66 valence electrons. The Hall–Kier alpha value is -0.0800. The van der Waals surface area contributed by atoms with Crippen LogP contribution in [0.1, 0.15) is 32.6 Å². The topological polar surface area (TPSA) is 23.5 Å². The van der Waals surface area contributed by atoms with E-state index in [1.54, 1.807) is 0 Å². The molecule has 0 spiro atoms. The van der Waals surface area contributed by atoms with Crippen LogP contribution >= 0.6 is 0 Å². The molecule has 0 radical (unpaired) electrons. The average Bonchev–Trinajstić information content (AvgIpc) is 2.31. The Kier molecular flexibility index (Phi) is 3.34. The second kappa shape index (κ2) is 4.07. The number of aliphatic hydroxyl groups excluding tert-OH is 1. The fourth-order valence-electron chi connectivity index (χ4n) is 1.78. The summed E-state index contributed by atoms with van der Waals surface area (Å²) >= 11 is 0. The largest absolute Gasteiger partial charge is 0.393 e. The molecule has 0 amide bonds. The molecule has 2 nitrogen and oxygen atoms in total. The molecule has 1 unspecified atom stereocenters. The lowest BCUT2D eigenvalue weighted by Crippen LogP contribution is -2.25. The van der Waals surface area contributed by atoms with Gasteiger partial charge < -0.3 is 10.0 Å². The lowest BCUT2D eigenvalue weighted by atomic mass is 10.1. The minimum atomic E-state index is -0.121. The van der Waals surface area contributed by atoms with Gasteiger partial charge in [0.25, 0.3) is 0 Å². The van der Waals surface area contributed by atoms with E-state index in [2.05, 4.69) is 11.9 Å². The number of aliphatic hydroxyl groups is 1. The first-order valence-corrected chi connectivity index (χ1v) is 4.58. The number of hydrogen-bond donors (Lipinski definition) is 1. The van der Waals surface area contributed by atoms with Gasteiger partial charge in [0.2, 0.25) is 0 Å². The number of hydrogen-bond acceptors (Lipinski definition) is 2. The van der Waals surface area contributed by atoms with Crippen molar-refractivity contribution < 1.29 is 5.11 Å². The van der Waals surface area contributed by atoms with Gasteiger partial charge in [0.15, 0.2) is 0 Å². The molecule has 1 fully saturated rings. The quantitative estimate of drug-likeness (QED) is 0.666. The molecule has 11 heavy (non-hydrogen) atoms. The maximum atomic E-state index is 9.08. The highest BCUT2D eigenvalue weighted by Crippen LogP contribution is 2.19. The maximum absolute atomic E-state index is 9.08. The van der Waals surface area contributed by atoms with Crippen molar-refractivity contribution in [2.45, 2.75) is 44.8 Å². The lowest BCUT2D eigenvalue weighted by molar-refractivity contribution is 0.165. The molecule has 1 aliphatic heterocycles. The molecule has 2 atom stereocenters. The van der Waals surface area contributed by atoms with Gasteiger partial charge in [-0.15, -0.1) is 0 Å². The fraction of sp³-hybridized carbons (Fsp3) is 1.00. The van der Waals surface area contributed by atoms with E-state index in [0.717, 1.165) is 18.9 Å². The number of nitrogens with zero attached hydrogens (tertiary/aromatic N) is 1. The maximum Gasteiger partial charge on any atom is 0.0512 e. The Labute approximate surface area is 69.2 Å². The Bertz CT molecular complexity index is 114. The molecule has 0 aromatic heterocycles. The molecule has 0 saturated carbocycles. The van der Waals surface area contributed by atoms with Crippen LogP contribution in [0.15, 0.2) is 0 Å². The van der Waals surface area contributed by atoms with Gasteiger partial charge >= 0.3 is 0 Å². The van der Waals surface area contributed by atoms with Gasteiger partial charge in [-0.3, -0.25) is 0 Å². The summed E-state index contributed by atoms with van der Waals surface area (Å²) in [5.41, 5.74) is 0. The predicted molar refractivity (Wildman–Crippen MR) is 46.6 cm³/mol. The van der Waals surface area contributed by atoms with E-state index in [4.69, 9.17) is 5.11 Å². The van der Waals surface area contributed by atoms with Crippen molar-refractivity contribution >= 4 is 0 Å². The van der Waals surface area contributed by atoms with Crippen molar-refractivity contribution in [3.05, 3.63) is 0 Å². The molecule has 1 heterocycles. The third-order valence-electron chi connectivity index (χ3n) is 2.59. The fourth-order valence-corrected chi connectivity index (χ4v) is 1.78. The Morgan fingerprint density at radius 2 is 2.36 bits per heavy atom. The molecule has 1 aliphatic rings. The predicted octanol–water partition coefficient (Wildman–Crippen LogP) is 1.24. The van der Waals surface area contributed by atoms with Crippen LogP contribution in [-0.2, 0) is 0 Å². The van der Waals surface area contributed by atoms with E-state index in [0.29, 0.717) is 0 Å². The first kappa shape index (κ1) is 9.01. The van der Waals surface area contributed by atoms with E-state index >= 15 is 0 Å². The first-order valence-electron chi connectivity index (χ1n) is 4.58. The molecule has 0 aliphatic carbocycles. The number of likely N-dealkylation sites (tertiary alicyclic amines) is 1. The van der Waals surface area contributed by atoms with Crippen molar-refractivity contribution in [3.8, 4) is 0 Å². The Morgan fingerprint density at radius 1 is 1.64 bits per heavy atom. The van der Waals surface area contributed by atoms with Gasteiger partial charge in [-0.2, -0.15) is 0 Å². The van der Waals surface area contributed by atoms with Gasteiger partial charge in [0.05, 0.1) is 6.10 Å². The minimum Gasteiger partial charge on any atom is -0.393 e. The average molecular weight is 157 g/mol. The van der Waals surface area contributed by atoms with Crippen molar-refractivity contribution in [2.24, 2.45) is 0 Å². The van der Waals surface area contributed by atoms with E-state index in [1.807, 2.05) is 6.92 Å². The minimum absolute atomic E-state index is 0.121. The van der Waals surface area contributed by atoms with Gasteiger partial charge in [0, 0.05) is 6.04 Å². The molecule has 1 rings (SSSR count). The highest BCUT2D eigenvalue weighted by atomic mass is 16.3. The molecule has 0 aromatic rings. The van der Waals surface area contributed by atoms with Crippen molar-refractivity contribution in [3.63, 3.8) is 0 Å². The van der Waals surface area contributed by atoms with Crippen LogP contribution in [0.25, 0.3) is 0 Å². The van der Waals surface area contributed by atoms with Crippen molar-refractivity contribution in [2.75, 3.05) is 13.6 Å². The molecule has 1 N–H and O–H groups in total. The van der Waals surface area contributed by atoms with Crippen LogP contribution in [0.3, 0.4) is 0 Å². The summed E-state index contributed by atoms with van der Waals surface area (Å²) in [5, 5.41) is 9.08. The van der Waals surface area contributed by atoms with Crippen LogP contribution in [0, 0.1) is 0 Å². The highest BCUT2D eigenvalue weighted by Gasteiger charge is 2.20. The molecular weight excluding hydrogens is 138 g/mol. The van der Waals surface area contributed by atoms with E-state index in [-0.39, 0.29) is 6.10 Å². The van der Waals surface area contributed by atoms with Gasteiger partial charge in [0.1, 0.15) is 0 Å². The molecule has 0 bridgehead atoms. The second-order valence-corrected chi connectivity index (χ2v) is 3.70. The van der Waals surface area contributed by atoms with Crippen molar-refractivity contribution in [1.82, 2.24) is 4.90 Å². The highest BCUT2D eigenvalue weighted by molar-refractivity contribution is 4.76. The Morgan fingerprint density at radius 3 is 2.82 bits per heavy atom. The van der Waals surface area contributed by atoms with Crippen LogP contribution < -0.4 is 0 Å². The zero-order valence-electron chi connectivity index (χ0n) is 7.58. The van der Waals surface area contributed by atoms with E-state index < -0.39 is 0 Å². The smallest absolute Gasteiger partial charge is 0.0512 e. The van der Waals surface area contributed by atoms with E-state index in [1.165, 1.54) is 19.4 Å². The Balaban J connectivity index is 2.15. The molecule has 0 aromatic carbocycles. The molecular formula is C9H19NO. The molecule has 1 saturated heterocycles. The monoisotopic (exact) mass is 157 g/mol. The third kappa shape index (κ3) is 2.80. The summed E-state index contributed by atoms with van der Waals surface area (Å²) in [7, 11) is 2.18. The van der Waals surface area contributed by atoms with Gasteiger partial charge in [-0.05, 0) is 46.2 Å².